The zero-order valence-electron chi connectivity index (χ0n) is 17.1. The van der Waals surface area contributed by atoms with Gasteiger partial charge < -0.3 is 5.32 Å². The maximum Gasteiger partial charge on any atom is 0.266 e. The van der Waals surface area contributed by atoms with Crippen LogP contribution in [0.5, 0.6) is 0 Å². The normalized spacial score (nSPS) is 16.7. The van der Waals surface area contributed by atoms with E-state index in [9.17, 15) is 4.79 Å². The van der Waals surface area contributed by atoms with Gasteiger partial charge in [0.05, 0.1) is 10.9 Å². The summed E-state index contributed by atoms with van der Waals surface area (Å²) in [5.74, 6) is 0.746. The van der Waals surface area contributed by atoms with Gasteiger partial charge in [-0.15, -0.1) is 22.7 Å². The molecule has 0 bridgehead atoms. The number of anilines is 1. The summed E-state index contributed by atoms with van der Waals surface area (Å²) in [4.78, 5) is 21.6. The van der Waals surface area contributed by atoms with Gasteiger partial charge in [0.25, 0.3) is 5.91 Å². The number of thiophene rings is 2. The van der Waals surface area contributed by atoms with Crippen molar-refractivity contribution < 1.29 is 4.79 Å². The van der Waals surface area contributed by atoms with Gasteiger partial charge in [0.15, 0.2) is 0 Å². The number of carbonyl (C=O) groups is 1. The fraction of sp³-hybridized carbons (Fsp3) is 0.391. The van der Waals surface area contributed by atoms with Crippen molar-refractivity contribution in [1.29, 1.82) is 0 Å². The van der Waals surface area contributed by atoms with Gasteiger partial charge in [-0.3, -0.25) is 14.7 Å². The highest BCUT2D eigenvalue weighted by molar-refractivity contribution is 7.17. The van der Waals surface area contributed by atoms with Crippen LogP contribution < -0.4 is 5.32 Å². The molecule has 1 atom stereocenters. The first-order valence-corrected chi connectivity index (χ1v) is 11.8. The molecule has 0 spiro atoms. The first kappa shape index (κ1) is 20.3. The molecule has 1 unspecified atom stereocenters. The molecular weight excluding hydrogens is 398 g/mol. The average Bonchev–Trinajstić information content (AvgIpc) is 3.35. The maximum absolute atomic E-state index is 12.8. The minimum absolute atomic E-state index is 0.0248. The van der Waals surface area contributed by atoms with Gasteiger partial charge in [-0.1, -0.05) is 13.0 Å². The standard InChI is InChI=1S/C23H27N3OS2/c1-15-8-12-26(13-9-15)21(18-6-10-24-11-7-18)20-16(2)17(3)29-23(20)25-22(27)19-5-4-14-28-19/h4-7,10-11,14-15,21H,8-9,12-13H2,1-3H3,(H,25,27). The maximum atomic E-state index is 12.8. The summed E-state index contributed by atoms with van der Waals surface area (Å²) in [6, 6.07) is 8.15. The molecule has 1 N–H and O–H groups in total. The van der Waals surface area contributed by atoms with Crippen LogP contribution in [0, 0.1) is 19.8 Å². The van der Waals surface area contributed by atoms with E-state index >= 15 is 0 Å². The summed E-state index contributed by atoms with van der Waals surface area (Å²) < 4.78 is 0. The first-order chi connectivity index (χ1) is 14.0. The molecule has 0 aliphatic carbocycles. The Kier molecular flexibility index (Phi) is 6.13. The van der Waals surface area contributed by atoms with Gasteiger partial charge in [0, 0.05) is 22.8 Å². The van der Waals surface area contributed by atoms with E-state index in [4.69, 9.17) is 0 Å². The molecule has 1 amide bonds. The Morgan fingerprint density at radius 1 is 1.21 bits per heavy atom. The van der Waals surface area contributed by atoms with Gasteiger partial charge >= 0.3 is 0 Å². The van der Waals surface area contributed by atoms with E-state index in [0.29, 0.717) is 0 Å². The molecular formula is C23H27N3OS2. The molecule has 4 nitrogen and oxygen atoms in total. The topological polar surface area (TPSA) is 45.2 Å². The van der Waals surface area contributed by atoms with Crippen molar-refractivity contribution in [2.45, 2.75) is 39.7 Å². The predicted octanol–water partition coefficient (Wildman–Crippen LogP) is 5.90. The number of likely N-dealkylation sites (tertiary alicyclic amines) is 1. The second-order valence-electron chi connectivity index (χ2n) is 7.86. The minimum Gasteiger partial charge on any atom is -0.313 e. The molecule has 1 aliphatic rings. The Morgan fingerprint density at radius 2 is 1.93 bits per heavy atom. The predicted molar refractivity (Wildman–Crippen MR) is 122 cm³/mol. The highest BCUT2D eigenvalue weighted by atomic mass is 32.1. The van der Waals surface area contributed by atoms with Crippen LogP contribution in [0.1, 0.15) is 57.0 Å². The molecule has 152 valence electrons. The molecule has 1 saturated heterocycles. The Labute approximate surface area is 180 Å². The van der Waals surface area contributed by atoms with Crippen molar-refractivity contribution in [2.24, 2.45) is 5.92 Å². The van der Waals surface area contributed by atoms with E-state index in [0.717, 1.165) is 28.9 Å². The highest BCUT2D eigenvalue weighted by Crippen LogP contribution is 2.43. The van der Waals surface area contributed by atoms with Crippen LogP contribution in [0.3, 0.4) is 0 Å². The van der Waals surface area contributed by atoms with Crippen LogP contribution in [0.25, 0.3) is 0 Å². The van der Waals surface area contributed by atoms with E-state index in [1.54, 1.807) is 11.3 Å². The summed E-state index contributed by atoms with van der Waals surface area (Å²) in [6.45, 7) is 8.81. The number of rotatable bonds is 5. The van der Waals surface area contributed by atoms with Crippen LogP contribution in [0.4, 0.5) is 5.00 Å². The van der Waals surface area contributed by atoms with Gasteiger partial charge in [-0.05, 0) is 80.4 Å². The lowest BCUT2D eigenvalue weighted by molar-refractivity contribution is 0.103. The largest absolute Gasteiger partial charge is 0.313 e. The molecule has 0 radical (unpaired) electrons. The molecule has 0 saturated carbocycles. The van der Waals surface area contributed by atoms with E-state index in [2.05, 4.69) is 48.1 Å². The van der Waals surface area contributed by atoms with E-state index < -0.39 is 0 Å². The van der Waals surface area contributed by atoms with Gasteiger partial charge in [-0.25, -0.2) is 0 Å². The Balaban J connectivity index is 1.75. The zero-order valence-corrected chi connectivity index (χ0v) is 18.8. The average molecular weight is 426 g/mol. The molecule has 4 rings (SSSR count). The highest BCUT2D eigenvalue weighted by Gasteiger charge is 2.31. The lowest BCUT2D eigenvalue weighted by Crippen LogP contribution is -2.37. The first-order valence-electron chi connectivity index (χ1n) is 10.1. The van der Waals surface area contributed by atoms with E-state index in [1.165, 1.54) is 45.7 Å². The Bertz CT molecular complexity index is 958. The number of amides is 1. The smallest absolute Gasteiger partial charge is 0.266 e. The number of pyridine rings is 1. The number of hydrogen-bond donors (Lipinski definition) is 1. The Morgan fingerprint density at radius 3 is 2.59 bits per heavy atom. The van der Waals surface area contributed by atoms with Crippen molar-refractivity contribution in [1.82, 2.24) is 9.88 Å². The number of carbonyl (C=O) groups excluding carboxylic acids is 1. The molecule has 0 aromatic carbocycles. The quantitative estimate of drug-likeness (QED) is 0.554. The van der Waals surface area contributed by atoms with Crippen LogP contribution in [-0.4, -0.2) is 28.9 Å². The van der Waals surface area contributed by atoms with Crippen molar-refractivity contribution in [3.63, 3.8) is 0 Å². The Hall–Kier alpha value is -2.02. The fourth-order valence-corrected chi connectivity index (χ4v) is 5.74. The SMILES string of the molecule is Cc1sc(NC(=O)c2cccs2)c(C(c2ccncc2)N2CCC(C)CC2)c1C. The van der Waals surface area contributed by atoms with Crippen LogP contribution in [0.2, 0.25) is 0 Å². The lowest BCUT2D eigenvalue weighted by Gasteiger charge is -2.37. The summed E-state index contributed by atoms with van der Waals surface area (Å²) in [5, 5.41) is 6.13. The summed E-state index contributed by atoms with van der Waals surface area (Å²) in [6.07, 6.45) is 6.15. The second-order valence-corrected chi connectivity index (χ2v) is 10.0. The molecule has 3 aromatic heterocycles. The molecule has 1 aliphatic heterocycles. The van der Waals surface area contributed by atoms with Crippen LogP contribution in [-0.2, 0) is 0 Å². The van der Waals surface area contributed by atoms with E-state index in [1.807, 2.05) is 29.9 Å². The molecule has 1 fully saturated rings. The number of nitrogens with zero attached hydrogens (tertiary/aromatic N) is 2. The van der Waals surface area contributed by atoms with Crippen LogP contribution >= 0.6 is 22.7 Å². The number of aromatic nitrogens is 1. The second kappa shape index (κ2) is 8.78. The third-order valence-electron chi connectivity index (χ3n) is 5.88. The third-order valence-corrected chi connectivity index (χ3v) is 7.89. The number of aryl methyl sites for hydroxylation is 1. The lowest BCUT2D eigenvalue weighted by atomic mass is 9.91. The number of hydrogen-bond acceptors (Lipinski definition) is 5. The zero-order chi connectivity index (χ0) is 20.4. The molecule has 6 heteroatoms. The van der Waals surface area contributed by atoms with Crippen molar-refractivity contribution in [3.05, 3.63) is 68.5 Å². The summed E-state index contributed by atoms with van der Waals surface area (Å²) in [7, 11) is 0. The van der Waals surface area contributed by atoms with Gasteiger partial charge in [0.2, 0.25) is 0 Å². The van der Waals surface area contributed by atoms with Crippen LogP contribution in [0.15, 0.2) is 42.0 Å². The molecule has 29 heavy (non-hydrogen) atoms. The van der Waals surface area contributed by atoms with Crippen molar-refractivity contribution in [2.75, 3.05) is 18.4 Å². The monoisotopic (exact) mass is 425 g/mol. The van der Waals surface area contributed by atoms with Crippen molar-refractivity contribution >= 4 is 33.6 Å². The number of nitrogens with one attached hydrogen (secondary N) is 1. The summed E-state index contributed by atoms with van der Waals surface area (Å²) in [5.41, 5.74) is 3.75. The number of piperidine rings is 1. The minimum atomic E-state index is -0.0248. The van der Waals surface area contributed by atoms with Crippen molar-refractivity contribution in [3.8, 4) is 0 Å². The summed E-state index contributed by atoms with van der Waals surface area (Å²) >= 11 is 3.16. The molecule has 4 heterocycles. The van der Waals surface area contributed by atoms with Gasteiger partial charge in [-0.2, -0.15) is 0 Å². The molecule has 3 aromatic rings. The van der Waals surface area contributed by atoms with E-state index in [-0.39, 0.29) is 11.9 Å². The fourth-order valence-electron chi connectivity index (χ4n) is 4.03. The third kappa shape index (κ3) is 4.29. The van der Waals surface area contributed by atoms with Gasteiger partial charge in [0.1, 0.15) is 5.00 Å².